The summed E-state index contributed by atoms with van der Waals surface area (Å²) in [6, 6.07) is 6.29. The zero-order valence-electron chi connectivity index (χ0n) is 9.28. The van der Waals surface area contributed by atoms with E-state index in [1.54, 1.807) is 11.3 Å². The van der Waals surface area contributed by atoms with Crippen LogP contribution in [0.1, 0.15) is 23.5 Å². The lowest BCUT2D eigenvalue weighted by Gasteiger charge is -2.16. The highest BCUT2D eigenvalue weighted by molar-refractivity contribution is 9.10. The van der Waals surface area contributed by atoms with Gasteiger partial charge < -0.3 is 5.32 Å². The maximum absolute atomic E-state index is 4.47. The molecule has 2 nitrogen and oxygen atoms in total. The van der Waals surface area contributed by atoms with Gasteiger partial charge >= 0.3 is 0 Å². The fraction of sp³-hybridized carbons (Fsp3) is 0.250. The van der Waals surface area contributed by atoms with Crippen LogP contribution in [0.2, 0.25) is 0 Å². The molecule has 0 aliphatic carbocycles. The summed E-state index contributed by atoms with van der Waals surface area (Å²) in [6.45, 7) is 3.01. The number of nitrogens with one attached hydrogen (secondary N) is 1. The van der Waals surface area contributed by atoms with Crippen LogP contribution < -0.4 is 5.32 Å². The highest BCUT2D eigenvalue weighted by Gasteiger charge is 2.18. The fourth-order valence-corrected chi connectivity index (χ4v) is 3.53. The van der Waals surface area contributed by atoms with Crippen LogP contribution in [0.4, 0.5) is 0 Å². The Morgan fingerprint density at radius 2 is 2.18 bits per heavy atom. The Labute approximate surface area is 122 Å². The summed E-state index contributed by atoms with van der Waals surface area (Å²) in [4.78, 5) is 5.74. The Kier molecular flexibility index (Phi) is 4.73. The zero-order valence-corrected chi connectivity index (χ0v) is 13.3. The van der Waals surface area contributed by atoms with Crippen LogP contribution in [-0.2, 0) is 0 Å². The molecule has 17 heavy (non-hydrogen) atoms. The lowest BCUT2D eigenvalue weighted by molar-refractivity contribution is 0.622. The van der Waals surface area contributed by atoms with Gasteiger partial charge in [0.2, 0.25) is 0 Å². The van der Waals surface area contributed by atoms with Gasteiger partial charge in [-0.1, -0.05) is 6.92 Å². The van der Waals surface area contributed by atoms with Gasteiger partial charge in [0.25, 0.3) is 0 Å². The number of halogens is 2. The minimum atomic E-state index is 0.155. The van der Waals surface area contributed by atoms with Crippen molar-refractivity contribution in [1.82, 2.24) is 10.3 Å². The van der Waals surface area contributed by atoms with E-state index in [4.69, 9.17) is 0 Å². The molecule has 0 saturated carbocycles. The predicted octanol–water partition coefficient (Wildman–Crippen LogP) is 4.37. The van der Waals surface area contributed by atoms with Gasteiger partial charge in [-0.25, -0.2) is 0 Å². The van der Waals surface area contributed by atoms with E-state index in [0.29, 0.717) is 0 Å². The van der Waals surface area contributed by atoms with Crippen molar-refractivity contribution < 1.29 is 0 Å². The van der Waals surface area contributed by atoms with Crippen molar-refractivity contribution in [2.24, 2.45) is 0 Å². The Morgan fingerprint density at radius 1 is 1.35 bits per heavy atom. The average molecular weight is 376 g/mol. The van der Waals surface area contributed by atoms with Crippen molar-refractivity contribution in [3.8, 4) is 0 Å². The SMILES string of the molecule is CCNC(c1ccc(Br)cn1)c1sccc1Br. The largest absolute Gasteiger partial charge is 0.305 e. The van der Waals surface area contributed by atoms with E-state index in [9.17, 15) is 0 Å². The number of thiophene rings is 1. The molecule has 0 amide bonds. The van der Waals surface area contributed by atoms with Gasteiger partial charge in [-0.15, -0.1) is 11.3 Å². The number of pyridine rings is 1. The maximum Gasteiger partial charge on any atom is 0.0856 e. The molecule has 2 aromatic heterocycles. The summed E-state index contributed by atoms with van der Waals surface area (Å²) >= 11 is 8.72. The first-order chi connectivity index (χ1) is 8.22. The van der Waals surface area contributed by atoms with Crippen molar-refractivity contribution in [2.75, 3.05) is 6.54 Å². The van der Waals surface area contributed by atoms with Crippen LogP contribution in [-0.4, -0.2) is 11.5 Å². The second-order valence-electron chi connectivity index (χ2n) is 3.52. The van der Waals surface area contributed by atoms with E-state index in [1.165, 1.54) is 4.88 Å². The number of hydrogen-bond donors (Lipinski definition) is 1. The molecule has 0 aromatic carbocycles. The Morgan fingerprint density at radius 3 is 2.71 bits per heavy atom. The van der Waals surface area contributed by atoms with E-state index in [-0.39, 0.29) is 6.04 Å². The van der Waals surface area contributed by atoms with Gasteiger partial charge in [0.1, 0.15) is 0 Å². The van der Waals surface area contributed by atoms with Crippen LogP contribution in [0.15, 0.2) is 38.7 Å². The zero-order chi connectivity index (χ0) is 12.3. The number of aromatic nitrogens is 1. The molecule has 0 radical (unpaired) electrons. The fourth-order valence-electron chi connectivity index (χ4n) is 1.61. The van der Waals surface area contributed by atoms with Gasteiger partial charge in [0.05, 0.1) is 11.7 Å². The summed E-state index contributed by atoms with van der Waals surface area (Å²) in [5, 5.41) is 5.55. The van der Waals surface area contributed by atoms with E-state index in [1.807, 2.05) is 18.3 Å². The molecule has 0 saturated heterocycles. The second-order valence-corrected chi connectivity index (χ2v) is 6.24. The Balaban J connectivity index is 2.35. The lowest BCUT2D eigenvalue weighted by Crippen LogP contribution is -2.22. The summed E-state index contributed by atoms with van der Waals surface area (Å²) < 4.78 is 2.14. The molecule has 0 bridgehead atoms. The first-order valence-corrected chi connectivity index (χ1v) is 7.76. The molecule has 2 heterocycles. The van der Waals surface area contributed by atoms with Gasteiger partial charge in [0, 0.05) is 20.0 Å². The van der Waals surface area contributed by atoms with Gasteiger partial charge in [-0.2, -0.15) is 0 Å². The number of hydrogen-bond acceptors (Lipinski definition) is 3. The molecule has 1 N–H and O–H groups in total. The Hall–Kier alpha value is -0.230. The molecule has 2 rings (SSSR count). The van der Waals surface area contributed by atoms with Crippen LogP contribution in [0, 0.1) is 0 Å². The van der Waals surface area contributed by atoms with Crippen molar-refractivity contribution in [3.63, 3.8) is 0 Å². The molecule has 2 aromatic rings. The third-order valence-electron chi connectivity index (χ3n) is 2.36. The van der Waals surface area contributed by atoms with Crippen LogP contribution >= 0.6 is 43.2 Å². The molecule has 0 aliphatic rings. The summed E-state index contributed by atoms with van der Waals surface area (Å²) in [5.74, 6) is 0. The van der Waals surface area contributed by atoms with Gasteiger partial charge in [-0.05, 0) is 62.0 Å². The molecule has 0 fully saturated rings. The molecule has 1 unspecified atom stereocenters. The standard InChI is InChI=1S/C12H12Br2N2S/c1-2-15-11(12-9(14)5-6-17-12)10-4-3-8(13)7-16-10/h3-7,11,15H,2H2,1H3. The Bertz CT molecular complexity index is 482. The molecule has 0 aliphatic heterocycles. The predicted molar refractivity (Wildman–Crippen MR) is 79.5 cm³/mol. The topological polar surface area (TPSA) is 24.9 Å². The molecule has 90 valence electrons. The molecule has 0 spiro atoms. The summed E-state index contributed by atoms with van der Waals surface area (Å²) in [5.41, 5.74) is 1.04. The lowest BCUT2D eigenvalue weighted by atomic mass is 10.1. The molecule has 1 atom stereocenters. The van der Waals surface area contributed by atoms with Crippen molar-refractivity contribution >= 4 is 43.2 Å². The highest BCUT2D eigenvalue weighted by atomic mass is 79.9. The van der Waals surface area contributed by atoms with E-state index >= 15 is 0 Å². The third-order valence-corrected chi connectivity index (χ3v) is 4.77. The smallest absolute Gasteiger partial charge is 0.0856 e. The minimum absolute atomic E-state index is 0.155. The monoisotopic (exact) mass is 374 g/mol. The first-order valence-electron chi connectivity index (χ1n) is 5.30. The molecular formula is C12H12Br2N2S. The van der Waals surface area contributed by atoms with Crippen molar-refractivity contribution in [2.45, 2.75) is 13.0 Å². The maximum atomic E-state index is 4.47. The number of rotatable bonds is 4. The average Bonchev–Trinajstić information content (AvgIpc) is 2.74. The van der Waals surface area contributed by atoms with Crippen LogP contribution in [0.3, 0.4) is 0 Å². The highest BCUT2D eigenvalue weighted by Crippen LogP contribution is 2.32. The van der Waals surface area contributed by atoms with E-state index in [2.05, 4.69) is 60.5 Å². The minimum Gasteiger partial charge on any atom is -0.305 e. The van der Waals surface area contributed by atoms with E-state index < -0.39 is 0 Å². The first kappa shape index (κ1) is 13.2. The number of nitrogens with zero attached hydrogens (tertiary/aromatic N) is 1. The summed E-state index contributed by atoms with van der Waals surface area (Å²) in [7, 11) is 0. The normalized spacial score (nSPS) is 12.6. The quantitative estimate of drug-likeness (QED) is 0.858. The third kappa shape index (κ3) is 3.16. The van der Waals surface area contributed by atoms with Crippen LogP contribution in [0.25, 0.3) is 0 Å². The van der Waals surface area contributed by atoms with Crippen molar-refractivity contribution in [3.05, 3.63) is 49.3 Å². The van der Waals surface area contributed by atoms with Gasteiger partial charge in [0.15, 0.2) is 0 Å². The molecular weight excluding hydrogens is 364 g/mol. The van der Waals surface area contributed by atoms with E-state index in [0.717, 1.165) is 21.2 Å². The van der Waals surface area contributed by atoms with Gasteiger partial charge in [-0.3, -0.25) is 4.98 Å². The molecule has 5 heteroatoms. The van der Waals surface area contributed by atoms with Crippen molar-refractivity contribution in [1.29, 1.82) is 0 Å². The van der Waals surface area contributed by atoms with Crippen LogP contribution in [0.5, 0.6) is 0 Å². The second kappa shape index (κ2) is 6.09. The summed E-state index contributed by atoms with van der Waals surface area (Å²) in [6.07, 6.45) is 1.83.